The Balaban J connectivity index is 1.97. The van der Waals surface area contributed by atoms with Crippen LogP contribution in [0.1, 0.15) is 18.9 Å². The van der Waals surface area contributed by atoms with Gasteiger partial charge < -0.3 is 10.6 Å². The van der Waals surface area contributed by atoms with Gasteiger partial charge in [0.1, 0.15) is 0 Å². The topological polar surface area (TPSA) is 58.3 Å². The molecule has 1 atom stereocenters. The lowest BCUT2D eigenvalue weighted by molar-refractivity contribution is 0.224. The first-order valence-electron chi connectivity index (χ1n) is 6.69. The summed E-state index contributed by atoms with van der Waals surface area (Å²) < 4.78 is 0. The summed E-state index contributed by atoms with van der Waals surface area (Å²) in [5.41, 5.74) is 6.94. The molecule has 0 aromatic carbocycles. The molecular weight excluding hydrogens is 258 g/mol. The quantitative estimate of drug-likeness (QED) is 0.829. The third-order valence-electron chi connectivity index (χ3n) is 3.57. The number of hydrogen-bond donors (Lipinski definition) is 1. The molecule has 0 bridgehead atoms. The van der Waals surface area contributed by atoms with Gasteiger partial charge in [-0.3, -0.25) is 4.90 Å². The molecule has 19 heavy (non-hydrogen) atoms. The van der Waals surface area contributed by atoms with E-state index in [4.69, 9.17) is 18.0 Å². The fraction of sp³-hybridized carbons (Fsp3) is 0.615. The Morgan fingerprint density at radius 2 is 2.11 bits per heavy atom. The van der Waals surface area contributed by atoms with Crippen LogP contribution in [0.5, 0.6) is 0 Å². The zero-order valence-electron chi connectivity index (χ0n) is 11.5. The average Bonchev–Trinajstić information content (AvgIpc) is 2.40. The number of aromatic nitrogens is 2. The molecule has 1 unspecified atom stereocenters. The Labute approximate surface area is 119 Å². The molecule has 1 aromatic heterocycles. The van der Waals surface area contributed by atoms with Crippen LogP contribution in [0.3, 0.4) is 0 Å². The van der Waals surface area contributed by atoms with Gasteiger partial charge in [-0.2, -0.15) is 5.10 Å². The standard InChI is InChI=1S/C13H21N5S/c1-3-11(13(14)19)17-4-6-18(7-5-17)12-8-10(2)9-15-16-12/h8-9,11H,3-7H2,1-2H3,(H2,14,19). The van der Waals surface area contributed by atoms with Crippen LogP contribution in [0.2, 0.25) is 0 Å². The highest BCUT2D eigenvalue weighted by atomic mass is 32.1. The minimum absolute atomic E-state index is 0.223. The Morgan fingerprint density at radius 1 is 1.42 bits per heavy atom. The molecule has 1 aromatic rings. The predicted octanol–water partition coefficient (Wildman–Crippen LogP) is 0.972. The van der Waals surface area contributed by atoms with Crippen molar-refractivity contribution in [1.29, 1.82) is 0 Å². The van der Waals surface area contributed by atoms with E-state index in [-0.39, 0.29) is 6.04 Å². The van der Waals surface area contributed by atoms with Gasteiger partial charge in [0.25, 0.3) is 0 Å². The van der Waals surface area contributed by atoms with E-state index in [1.165, 1.54) is 0 Å². The lowest BCUT2D eigenvalue weighted by Gasteiger charge is -2.39. The summed E-state index contributed by atoms with van der Waals surface area (Å²) >= 11 is 5.14. The van der Waals surface area contributed by atoms with Crippen molar-refractivity contribution in [3.8, 4) is 0 Å². The summed E-state index contributed by atoms with van der Waals surface area (Å²) in [6.07, 6.45) is 2.75. The number of aryl methyl sites for hydroxylation is 1. The first-order valence-corrected chi connectivity index (χ1v) is 7.10. The van der Waals surface area contributed by atoms with Gasteiger partial charge in [0.05, 0.1) is 17.2 Å². The van der Waals surface area contributed by atoms with Crippen LogP contribution in [0.15, 0.2) is 12.3 Å². The average molecular weight is 279 g/mol. The van der Waals surface area contributed by atoms with Crippen LogP contribution in [0.25, 0.3) is 0 Å². The highest BCUT2D eigenvalue weighted by Gasteiger charge is 2.24. The van der Waals surface area contributed by atoms with E-state index in [2.05, 4.69) is 33.0 Å². The van der Waals surface area contributed by atoms with Crippen molar-refractivity contribution in [1.82, 2.24) is 15.1 Å². The van der Waals surface area contributed by atoms with Crippen molar-refractivity contribution >= 4 is 23.0 Å². The van der Waals surface area contributed by atoms with Gasteiger partial charge in [-0.25, -0.2) is 0 Å². The molecule has 2 rings (SSSR count). The Hall–Kier alpha value is -1.27. The Kier molecular flexibility index (Phi) is 4.66. The molecule has 0 radical (unpaired) electrons. The van der Waals surface area contributed by atoms with Crippen LogP contribution in [0.4, 0.5) is 5.82 Å². The number of rotatable bonds is 4. The summed E-state index contributed by atoms with van der Waals surface area (Å²) in [5, 5.41) is 8.21. The third kappa shape index (κ3) is 3.39. The molecule has 1 aliphatic heterocycles. The van der Waals surface area contributed by atoms with Crippen LogP contribution >= 0.6 is 12.2 Å². The molecule has 104 valence electrons. The van der Waals surface area contributed by atoms with Crippen LogP contribution in [-0.4, -0.2) is 52.3 Å². The third-order valence-corrected chi connectivity index (χ3v) is 3.84. The SMILES string of the molecule is CCC(C(N)=S)N1CCN(c2cc(C)cnn2)CC1. The molecule has 1 aliphatic rings. The number of thiocarbonyl (C=S) groups is 1. The summed E-state index contributed by atoms with van der Waals surface area (Å²) in [6.45, 7) is 7.97. The second-order valence-corrected chi connectivity index (χ2v) is 5.41. The van der Waals surface area contributed by atoms with Gasteiger partial charge in [0.15, 0.2) is 5.82 Å². The summed E-state index contributed by atoms with van der Waals surface area (Å²) in [6, 6.07) is 2.30. The van der Waals surface area contributed by atoms with Crippen molar-refractivity contribution in [2.75, 3.05) is 31.1 Å². The Morgan fingerprint density at radius 3 is 2.63 bits per heavy atom. The maximum atomic E-state index is 5.80. The van der Waals surface area contributed by atoms with E-state index in [1.54, 1.807) is 6.20 Å². The van der Waals surface area contributed by atoms with E-state index < -0.39 is 0 Å². The molecule has 1 saturated heterocycles. The molecule has 6 heteroatoms. The molecule has 0 spiro atoms. The van der Waals surface area contributed by atoms with E-state index >= 15 is 0 Å². The lowest BCUT2D eigenvalue weighted by atomic mass is 10.1. The highest BCUT2D eigenvalue weighted by molar-refractivity contribution is 7.80. The number of nitrogens with two attached hydrogens (primary N) is 1. The minimum atomic E-state index is 0.223. The lowest BCUT2D eigenvalue weighted by Crippen LogP contribution is -2.53. The van der Waals surface area contributed by atoms with Crippen LogP contribution < -0.4 is 10.6 Å². The van der Waals surface area contributed by atoms with Gasteiger partial charge in [-0.1, -0.05) is 19.1 Å². The summed E-state index contributed by atoms with van der Waals surface area (Å²) in [5.74, 6) is 0.961. The first kappa shape index (κ1) is 14.1. The second kappa shape index (κ2) is 6.25. The van der Waals surface area contributed by atoms with Gasteiger partial charge in [-0.05, 0) is 25.0 Å². The smallest absolute Gasteiger partial charge is 0.151 e. The van der Waals surface area contributed by atoms with Gasteiger partial charge in [0.2, 0.25) is 0 Å². The molecule has 2 N–H and O–H groups in total. The number of piperazine rings is 1. The van der Waals surface area contributed by atoms with E-state index in [0.29, 0.717) is 4.99 Å². The van der Waals surface area contributed by atoms with Crippen molar-refractivity contribution in [2.24, 2.45) is 5.73 Å². The van der Waals surface area contributed by atoms with Crippen molar-refractivity contribution < 1.29 is 0 Å². The molecule has 1 fully saturated rings. The molecule has 0 amide bonds. The molecule has 5 nitrogen and oxygen atoms in total. The van der Waals surface area contributed by atoms with Gasteiger partial charge in [-0.15, -0.1) is 5.10 Å². The van der Waals surface area contributed by atoms with Gasteiger partial charge >= 0.3 is 0 Å². The van der Waals surface area contributed by atoms with E-state index in [9.17, 15) is 0 Å². The maximum absolute atomic E-state index is 5.80. The van der Waals surface area contributed by atoms with Crippen molar-refractivity contribution in [2.45, 2.75) is 26.3 Å². The van der Waals surface area contributed by atoms with Crippen LogP contribution in [0, 0.1) is 6.92 Å². The first-order chi connectivity index (χ1) is 9.11. The maximum Gasteiger partial charge on any atom is 0.151 e. The van der Waals surface area contributed by atoms with Crippen molar-refractivity contribution in [3.05, 3.63) is 17.8 Å². The number of nitrogens with zero attached hydrogens (tertiary/aromatic N) is 4. The monoisotopic (exact) mass is 279 g/mol. The zero-order valence-corrected chi connectivity index (χ0v) is 12.4. The molecule has 0 aliphatic carbocycles. The summed E-state index contributed by atoms with van der Waals surface area (Å²) in [4.78, 5) is 5.23. The molecular formula is C13H21N5S. The molecule has 0 saturated carbocycles. The zero-order chi connectivity index (χ0) is 13.8. The predicted molar refractivity (Wildman–Crippen MR) is 81.4 cm³/mol. The van der Waals surface area contributed by atoms with Crippen molar-refractivity contribution in [3.63, 3.8) is 0 Å². The minimum Gasteiger partial charge on any atom is -0.392 e. The largest absolute Gasteiger partial charge is 0.392 e. The van der Waals surface area contributed by atoms with E-state index in [0.717, 1.165) is 44.0 Å². The molecule has 2 heterocycles. The summed E-state index contributed by atoms with van der Waals surface area (Å²) in [7, 11) is 0. The fourth-order valence-corrected chi connectivity index (χ4v) is 2.82. The fourth-order valence-electron chi connectivity index (χ4n) is 2.51. The second-order valence-electron chi connectivity index (χ2n) is 4.94. The number of anilines is 1. The Bertz CT molecular complexity index is 442. The number of hydrogen-bond acceptors (Lipinski definition) is 5. The highest BCUT2D eigenvalue weighted by Crippen LogP contribution is 2.16. The van der Waals surface area contributed by atoms with Gasteiger partial charge in [0, 0.05) is 26.2 Å². The van der Waals surface area contributed by atoms with Crippen LogP contribution in [-0.2, 0) is 0 Å². The van der Waals surface area contributed by atoms with E-state index in [1.807, 2.05) is 6.92 Å². The normalized spacial score (nSPS) is 18.3.